The number of ether oxygens (including phenoxy) is 1. The molecule has 2 aromatic rings. The van der Waals surface area contributed by atoms with E-state index in [0.717, 1.165) is 17.7 Å². The van der Waals surface area contributed by atoms with Gasteiger partial charge in [-0.3, -0.25) is 14.3 Å². The lowest BCUT2D eigenvalue weighted by atomic mass is 9.82. The molecular weight excluding hydrogens is 344 g/mol. The molecule has 1 aromatic carbocycles. The maximum atomic E-state index is 12.8. The summed E-state index contributed by atoms with van der Waals surface area (Å²) in [4.78, 5) is 26.7. The number of para-hydroxylation sites is 1. The van der Waals surface area contributed by atoms with Gasteiger partial charge in [0, 0.05) is 51.7 Å². The molecule has 27 heavy (non-hydrogen) atoms. The minimum absolute atomic E-state index is 0.143. The highest BCUT2D eigenvalue weighted by molar-refractivity contribution is 5.92. The van der Waals surface area contributed by atoms with Crippen LogP contribution < -0.4 is 10.1 Å². The van der Waals surface area contributed by atoms with E-state index in [9.17, 15) is 9.59 Å². The van der Waals surface area contributed by atoms with Gasteiger partial charge in [-0.25, -0.2) is 0 Å². The molecule has 1 aromatic heterocycles. The van der Waals surface area contributed by atoms with Crippen LogP contribution in [0, 0.1) is 0 Å². The smallest absolute Gasteiger partial charge is 0.270 e. The van der Waals surface area contributed by atoms with Crippen LogP contribution in [0.15, 0.2) is 36.5 Å². The molecule has 1 fully saturated rings. The number of carbonyl (C=O) groups is 2. The molecular formula is C20H24N4O3. The normalized spacial score (nSPS) is 24.9. The van der Waals surface area contributed by atoms with Crippen molar-refractivity contribution >= 4 is 11.8 Å². The van der Waals surface area contributed by atoms with Crippen LogP contribution in [-0.4, -0.2) is 45.7 Å². The first-order valence-corrected chi connectivity index (χ1v) is 9.28. The summed E-state index contributed by atoms with van der Waals surface area (Å²) in [5.41, 5.74) is 1.05. The number of fused-ring (bicyclic) bond motifs is 1. The summed E-state index contributed by atoms with van der Waals surface area (Å²) in [5.74, 6) is 0.773. The number of likely N-dealkylation sites (tertiary alicyclic amines) is 1. The second kappa shape index (κ2) is 6.72. The van der Waals surface area contributed by atoms with E-state index in [1.165, 1.54) is 0 Å². The Kier molecular flexibility index (Phi) is 4.37. The Labute approximate surface area is 158 Å². The molecule has 0 radical (unpaired) electrons. The van der Waals surface area contributed by atoms with Crippen LogP contribution in [-0.2, 0) is 11.8 Å². The summed E-state index contributed by atoms with van der Waals surface area (Å²) in [7, 11) is 3.58. The topological polar surface area (TPSA) is 76.5 Å². The van der Waals surface area contributed by atoms with E-state index in [-0.39, 0.29) is 17.9 Å². The highest BCUT2D eigenvalue weighted by Gasteiger charge is 2.43. The Morgan fingerprint density at radius 3 is 2.85 bits per heavy atom. The van der Waals surface area contributed by atoms with Gasteiger partial charge in [0.1, 0.15) is 17.0 Å². The lowest BCUT2D eigenvalue weighted by Crippen LogP contribution is -2.46. The van der Waals surface area contributed by atoms with Crippen LogP contribution in [0.25, 0.3) is 0 Å². The van der Waals surface area contributed by atoms with Crippen LogP contribution >= 0.6 is 0 Å². The van der Waals surface area contributed by atoms with Crippen LogP contribution in [0.2, 0.25) is 0 Å². The fraction of sp³-hybridized carbons (Fsp3) is 0.450. The number of carbonyl (C=O) groups excluding carboxylic acids is 2. The average Bonchev–Trinajstić information content (AvgIpc) is 3.05. The highest BCUT2D eigenvalue weighted by Crippen LogP contribution is 2.44. The van der Waals surface area contributed by atoms with E-state index >= 15 is 0 Å². The number of hydrogen-bond acceptors (Lipinski definition) is 4. The zero-order valence-electron chi connectivity index (χ0n) is 15.6. The summed E-state index contributed by atoms with van der Waals surface area (Å²) in [6, 6.07) is 9.35. The van der Waals surface area contributed by atoms with E-state index < -0.39 is 5.60 Å². The van der Waals surface area contributed by atoms with Crippen molar-refractivity contribution in [3.63, 3.8) is 0 Å². The van der Waals surface area contributed by atoms with Crippen LogP contribution in [0.4, 0.5) is 0 Å². The molecule has 1 spiro atoms. The molecule has 2 aliphatic heterocycles. The molecule has 7 nitrogen and oxygen atoms in total. The number of aryl methyl sites for hydroxylation is 1. The lowest BCUT2D eigenvalue weighted by molar-refractivity contribution is -0.129. The SMILES string of the molecule is CN1CC[C@]2(CCC1=O)C[C@H](NC(=O)c1ccnn1C)c1ccccc1O2. The van der Waals surface area contributed by atoms with Crippen molar-refractivity contribution in [1.29, 1.82) is 0 Å². The van der Waals surface area contributed by atoms with Gasteiger partial charge in [-0.2, -0.15) is 5.10 Å². The maximum absolute atomic E-state index is 12.8. The monoisotopic (exact) mass is 368 g/mol. The molecule has 2 aliphatic rings. The Balaban J connectivity index is 1.63. The van der Waals surface area contributed by atoms with Crippen molar-refractivity contribution in [2.45, 2.75) is 37.3 Å². The number of aromatic nitrogens is 2. The van der Waals surface area contributed by atoms with E-state index in [2.05, 4.69) is 10.4 Å². The zero-order valence-corrected chi connectivity index (χ0v) is 15.6. The number of benzene rings is 1. The largest absolute Gasteiger partial charge is 0.487 e. The Morgan fingerprint density at radius 1 is 1.26 bits per heavy atom. The minimum Gasteiger partial charge on any atom is -0.487 e. The van der Waals surface area contributed by atoms with E-state index in [1.807, 2.05) is 31.3 Å². The van der Waals surface area contributed by atoms with Gasteiger partial charge < -0.3 is 15.0 Å². The number of rotatable bonds is 2. The van der Waals surface area contributed by atoms with Crippen molar-refractivity contribution < 1.29 is 14.3 Å². The second-order valence-electron chi connectivity index (χ2n) is 7.46. The van der Waals surface area contributed by atoms with Gasteiger partial charge in [0.05, 0.1) is 6.04 Å². The van der Waals surface area contributed by atoms with Crippen molar-refractivity contribution in [3.8, 4) is 5.75 Å². The van der Waals surface area contributed by atoms with E-state index in [0.29, 0.717) is 31.5 Å². The van der Waals surface area contributed by atoms with E-state index in [4.69, 9.17) is 4.74 Å². The van der Waals surface area contributed by atoms with Gasteiger partial charge in [-0.15, -0.1) is 0 Å². The molecule has 3 heterocycles. The number of nitrogens with one attached hydrogen (secondary N) is 1. The fourth-order valence-electron chi connectivity index (χ4n) is 4.03. The van der Waals surface area contributed by atoms with Crippen molar-refractivity contribution in [3.05, 3.63) is 47.8 Å². The summed E-state index contributed by atoms with van der Waals surface area (Å²) in [5, 5.41) is 7.23. The number of nitrogens with zero attached hydrogens (tertiary/aromatic N) is 3. The third-order valence-electron chi connectivity index (χ3n) is 5.68. The van der Waals surface area contributed by atoms with Crippen molar-refractivity contribution in [2.24, 2.45) is 7.05 Å². The first kappa shape index (κ1) is 17.6. The first-order valence-electron chi connectivity index (χ1n) is 9.28. The second-order valence-corrected chi connectivity index (χ2v) is 7.46. The minimum atomic E-state index is -0.445. The predicted molar refractivity (Wildman–Crippen MR) is 99.3 cm³/mol. The first-order chi connectivity index (χ1) is 13.0. The van der Waals surface area contributed by atoms with Crippen molar-refractivity contribution in [1.82, 2.24) is 20.0 Å². The third kappa shape index (κ3) is 3.29. The third-order valence-corrected chi connectivity index (χ3v) is 5.68. The number of hydrogen-bond donors (Lipinski definition) is 1. The quantitative estimate of drug-likeness (QED) is 0.880. The Bertz CT molecular complexity index is 878. The van der Waals surface area contributed by atoms with Crippen LogP contribution in [0.3, 0.4) is 0 Å². The molecule has 142 valence electrons. The molecule has 0 unspecified atom stereocenters. The molecule has 4 rings (SSSR count). The molecule has 2 amide bonds. The van der Waals surface area contributed by atoms with Gasteiger partial charge in [0.25, 0.3) is 5.91 Å². The molecule has 0 saturated carbocycles. The van der Waals surface area contributed by atoms with Crippen LogP contribution in [0.1, 0.15) is 47.8 Å². The molecule has 2 atom stereocenters. The van der Waals surface area contributed by atoms with Crippen molar-refractivity contribution in [2.75, 3.05) is 13.6 Å². The molecule has 0 bridgehead atoms. The van der Waals surface area contributed by atoms with Gasteiger partial charge in [0.2, 0.25) is 5.91 Å². The summed E-state index contributed by atoms with van der Waals surface area (Å²) >= 11 is 0. The van der Waals surface area contributed by atoms with Gasteiger partial charge >= 0.3 is 0 Å². The standard InChI is InChI=1S/C20H24N4O3/c1-23-12-10-20(9-7-18(23)25)13-15(14-5-3-4-6-17(14)27-20)22-19(26)16-8-11-21-24(16)2/h3-6,8,11,15H,7,9-10,12-13H2,1-2H3,(H,22,26)/t15-,20+/m0/s1. The zero-order chi connectivity index (χ0) is 19.0. The van der Waals surface area contributed by atoms with E-state index in [1.54, 1.807) is 28.9 Å². The van der Waals surface area contributed by atoms with Gasteiger partial charge in [0.15, 0.2) is 0 Å². The Morgan fingerprint density at radius 2 is 2.07 bits per heavy atom. The summed E-state index contributed by atoms with van der Waals surface area (Å²) in [6.07, 6.45) is 4.13. The predicted octanol–water partition coefficient (Wildman–Crippen LogP) is 2.05. The van der Waals surface area contributed by atoms with Gasteiger partial charge in [-0.05, 0) is 18.6 Å². The van der Waals surface area contributed by atoms with Gasteiger partial charge in [-0.1, -0.05) is 18.2 Å². The highest BCUT2D eigenvalue weighted by atomic mass is 16.5. The molecule has 7 heteroatoms. The lowest BCUT2D eigenvalue weighted by Gasteiger charge is -2.42. The Hall–Kier alpha value is -2.83. The summed E-state index contributed by atoms with van der Waals surface area (Å²) < 4.78 is 7.98. The fourth-order valence-corrected chi connectivity index (χ4v) is 4.03. The van der Waals surface area contributed by atoms with Crippen LogP contribution in [0.5, 0.6) is 5.75 Å². The summed E-state index contributed by atoms with van der Waals surface area (Å²) in [6.45, 7) is 0.656. The molecule has 1 N–H and O–H groups in total. The molecule has 1 saturated heterocycles. The average molecular weight is 368 g/mol. The number of amides is 2. The molecule has 0 aliphatic carbocycles. The maximum Gasteiger partial charge on any atom is 0.270 e.